The van der Waals surface area contributed by atoms with E-state index in [0.29, 0.717) is 0 Å². The Hall–Kier alpha value is -2.23. The Morgan fingerprint density at radius 2 is 1.90 bits per heavy atom. The molecule has 0 aliphatic carbocycles. The van der Waals surface area contributed by atoms with E-state index < -0.39 is 0 Å². The highest BCUT2D eigenvalue weighted by Crippen LogP contribution is 2.25. The van der Waals surface area contributed by atoms with Gasteiger partial charge in [0.25, 0.3) is 0 Å². The first-order valence-electron chi connectivity index (χ1n) is 7.12. The van der Waals surface area contributed by atoms with Gasteiger partial charge in [-0.25, -0.2) is 0 Å². The minimum atomic E-state index is 0.0700. The summed E-state index contributed by atoms with van der Waals surface area (Å²) in [5, 5.41) is 2.33. The Morgan fingerprint density at radius 3 is 2.67 bits per heavy atom. The Kier molecular flexibility index (Phi) is 3.95. The van der Waals surface area contributed by atoms with Crippen LogP contribution in [0.3, 0.4) is 0 Å². The lowest BCUT2D eigenvalue weighted by molar-refractivity contribution is 0.555. The van der Waals surface area contributed by atoms with Crippen LogP contribution in [0.25, 0.3) is 10.8 Å². The van der Waals surface area contributed by atoms with Crippen LogP contribution in [-0.2, 0) is 6.42 Å². The van der Waals surface area contributed by atoms with Gasteiger partial charge in [-0.1, -0.05) is 48.0 Å². The third-order valence-corrected chi connectivity index (χ3v) is 3.85. The van der Waals surface area contributed by atoms with Crippen LogP contribution in [0.15, 0.2) is 60.9 Å². The Labute approximate surface area is 124 Å². The number of aromatic nitrogens is 1. The van der Waals surface area contributed by atoms with Gasteiger partial charge in [-0.3, -0.25) is 16.3 Å². The zero-order chi connectivity index (χ0) is 14.7. The fourth-order valence-electron chi connectivity index (χ4n) is 2.66. The van der Waals surface area contributed by atoms with E-state index in [2.05, 4.69) is 59.8 Å². The SMILES string of the molecule is Cc1ccc(CC(NN)c2cccc3ccncc23)cc1. The summed E-state index contributed by atoms with van der Waals surface area (Å²) in [6, 6.07) is 17.0. The number of pyridine rings is 1. The van der Waals surface area contributed by atoms with Crippen molar-refractivity contribution in [3.05, 3.63) is 77.6 Å². The molecule has 0 bridgehead atoms. The minimum Gasteiger partial charge on any atom is -0.271 e. The molecule has 0 spiro atoms. The standard InChI is InChI=1S/C18H19N3/c1-13-5-7-14(8-6-13)11-18(21-19)16-4-2-3-15-9-10-20-12-17(15)16/h2-10,12,18,21H,11,19H2,1H3. The largest absolute Gasteiger partial charge is 0.271 e. The molecule has 0 radical (unpaired) electrons. The third-order valence-electron chi connectivity index (χ3n) is 3.85. The molecule has 2 aromatic carbocycles. The van der Waals surface area contributed by atoms with Gasteiger partial charge in [0.1, 0.15) is 0 Å². The molecule has 1 atom stereocenters. The molecule has 0 aliphatic heterocycles. The first kappa shape index (κ1) is 13.7. The second kappa shape index (κ2) is 6.04. The summed E-state index contributed by atoms with van der Waals surface area (Å²) in [5.41, 5.74) is 6.67. The van der Waals surface area contributed by atoms with Crippen molar-refractivity contribution in [2.75, 3.05) is 0 Å². The van der Waals surface area contributed by atoms with Gasteiger partial charge < -0.3 is 0 Å². The Bertz CT molecular complexity index is 730. The molecule has 0 aliphatic rings. The van der Waals surface area contributed by atoms with Crippen LogP contribution in [0.5, 0.6) is 0 Å². The van der Waals surface area contributed by atoms with Gasteiger partial charge in [0.2, 0.25) is 0 Å². The van der Waals surface area contributed by atoms with Gasteiger partial charge in [0.05, 0.1) is 6.04 Å². The number of hydrazine groups is 1. The van der Waals surface area contributed by atoms with E-state index >= 15 is 0 Å². The zero-order valence-corrected chi connectivity index (χ0v) is 12.1. The van der Waals surface area contributed by atoms with Crippen LogP contribution in [0.4, 0.5) is 0 Å². The predicted molar refractivity (Wildman–Crippen MR) is 86.7 cm³/mol. The first-order chi connectivity index (χ1) is 10.3. The lowest BCUT2D eigenvalue weighted by Gasteiger charge is -2.18. The maximum Gasteiger partial charge on any atom is 0.0507 e. The molecule has 21 heavy (non-hydrogen) atoms. The summed E-state index contributed by atoms with van der Waals surface area (Å²) >= 11 is 0. The number of hydrogen-bond donors (Lipinski definition) is 2. The molecule has 1 aromatic heterocycles. The Morgan fingerprint density at radius 1 is 1.10 bits per heavy atom. The summed E-state index contributed by atoms with van der Waals surface area (Å²) < 4.78 is 0. The van der Waals surface area contributed by atoms with Crippen molar-refractivity contribution in [3.63, 3.8) is 0 Å². The molecule has 0 amide bonds. The average Bonchev–Trinajstić information content (AvgIpc) is 2.54. The van der Waals surface area contributed by atoms with Crippen molar-refractivity contribution >= 4 is 10.8 Å². The quantitative estimate of drug-likeness (QED) is 0.568. The van der Waals surface area contributed by atoms with Gasteiger partial charge >= 0.3 is 0 Å². The fraction of sp³-hybridized carbons (Fsp3) is 0.167. The summed E-state index contributed by atoms with van der Waals surface area (Å²) in [4.78, 5) is 4.24. The van der Waals surface area contributed by atoms with E-state index in [1.807, 2.05) is 18.5 Å². The molecular weight excluding hydrogens is 258 g/mol. The highest BCUT2D eigenvalue weighted by molar-refractivity contribution is 5.85. The average molecular weight is 277 g/mol. The summed E-state index contributed by atoms with van der Waals surface area (Å²) in [6.45, 7) is 2.10. The zero-order valence-electron chi connectivity index (χ0n) is 12.1. The first-order valence-corrected chi connectivity index (χ1v) is 7.12. The Balaban J connectivity index is 1.96. The highest BCUT2D eigenvalue weighted by Gasteiger charge is 2.13. The summed E-state index contributed by atoms with van der Waals surface area (Å²) in [6.07, 6.45) is 4.58. The lowest BCUT2D eigenvalue weighted by atomic mass is 9.95. The van der Waals surface area contributed by atoms with Crippen molar-refractivity contribution in [1.82, 2.24) is 10.4 Å². The van der Waals surface area contributed by atoms with Gasteiger partial charge in [-0.2, -0.15) is 0 Å². The van der Waals surface area contributed by atoms with Gasteiger partial charge in [-0.15, -0.1) is 0 Å². The summed E-state index contributed by atoms with van der Waals surface area (Å²) in [7, 11) is 0. The van der Waals surface area contributed by atoms with Crippen LogP contribution < -0.4 is 11.3 Å². The molecule has 3 heteroatoms. The fourth-order valence-corrected chi connectivity index (χ4v) is 2.66. The molecule has 3 N–H and O–H groups in total. The smallest absolute Gasteiger partial charge is 0.0507 e. The molecule has 3 rings (SSSR count). The van der Waals surface area contributed by atoms with Crippen molar-refractivity contribution < 1.29 is 0 Å². The van der Waals surface area contributed by atoms with E-state index in [1.54, 1.807) is 0 Å². The lowest BCUT2D eigenvalue weighted by Crippen LogP contribution is -2.29. The molecular formula is C18H19N3. The van der Waals surface area contributed by atoms with Crippen molar-refractivity contribution in [1.29, 1.82) is 0 Å². The van der Waals surface area contributed by atoms with Crippen molar-refractivity contribution in [2.24, 2.45) is 5.84 Å². The maximum absolute atomic E-state index is 5.80. The number of hydrogen-bond acceptors (Lipinski definition) is 3. The van der Waals surface area contributed by atoms with Crippen LogP contribution in [0.1, 0.15) is 22.7 Å². The number of benzene rings is 2. The van der Waals surface area contributed by atoms with E-state index in [-0.39, 0.29) is 6.04 Å². The number of nitrogens with one attached hydrogen (secondary N) is 1. The summed E-state index contributed by atoms with van der Waals surface area (Å²) in [5.74, 6) is 5.80. The van der Waals surface area contributed by atoms with E-state index in [0.717, 1.165) is 11.8 Å². The molecule has 106 valence electrons. The van der Waals surface area contributed by atoms with Gasteiger partial charge in [-0.05, 0) is 35.9 Å². The number of nitrogens with two attached hydrogens (primary N) is 1. The van der Waals surface area contributed by atoms with E-state index in [9.17, 15) is 0 Å². The van der Waals surface area contributed by atoms with Crippen LogP contribution in [-0.4, -0.2) is 4.98 Å². The number of fused-ring (bicyclic) bond motifs is 1. The normalized spacial score (nSPS) is 12.5. The number of aryl methyl sites for hydroxylation is 1. The van der Waals surface area contributed by atoms with Crippen LogP contribution >= 0.6 is 0 Å². The highest BCUT2D eigenvalue weighted by atomic mass is 15.2. The second-order valence-corrected chi connectivity index (χ2v) is 5.35. The van der Waals surface area contributed by atoms with E-state index in [1.165, 1.54) is 22.1 Å². The van der Waals surface area contributed by atoms with Crippen molar-refractivity contribution in [3.8, 4) is 0 Å². The van der Waals surface area contributed by atoms with Crippen LogP contribution in [0, 0.1) is 6.92 Å². The molecule has 1 heterocycles. The molecule has 0 fully saturated rings. The van der Waals surface area contributed by atoms with Crippen LogP contribution in [0.2, 0.25) is 0 Å². The number of nitrogens with zero attached hydrogens (tertiary/aromatic N) is 1. The third kappa shape index (κ3) is 2.94. The predicted octanol–water partition coefficient (Wildman–Crippen LogP) is 3.29. The molecule has 3 aromatic rings. The second-order valence-electron chi connectivity index (χ2n) is 5.35. The number of rotatable bonds is 4. The maximum atomic E-state index is 5.80. The molecule has 1 unspecified atom stereocenters. The molecule has 0 saturated carbocycles. The topological polar surface area (TPSA) is 50.9 Å². The van der Waals surface area contributed by atoms with Gasteiger partial charge in [0.15, 0.2) is 0 Å². The monoisotopic (exact) mass is 277 g/mol. The molecule has 0 saturated heterocycles. The van der Waals surface area contributed by atoms with E-state index in [4.69, 9.17) is 5.84 Å². The molecule has 3 nitrogen and oxygen atoms in total. The minimum absolute atomic E-state index is 0.0700. The van der Waals surface area contributed by atoms with Crippen molar-refractivity contribution in [2.45, 2.75) is 19.4 Å². The van der Waals surface area contributed by atoms with Gasteiger partial charge in [0, 0.05) is 17.8 Å².